The van der Waals surface area contributed by atoms with Crippen molar-refractivity contribution >= 4 is 5.91 Å². The van der Waals surface area contributed by atoms with Crippen molar-refractivity contribution in [3.05, 3.63) is 0 Å². The van der Waals surface area contributed by atoms with Gasteiger partial charge in [-0.05, 0) is 23.7 Å². The maximum absolute atomic E-state index is 11.9. The Kier molecular flexibility index (Phi) is 4.55. The van der Waals surface area contributed by atoms with Gasteiger partial charge in [-0.25, -0.2) is 0 Å². The summed E-state index contributed by atoms with van der Waals surface area (Å²) in [4.78, 5) is 11.9. The quantitative estimate of drug-likeness (QED) is 0.784. The largest absolute Gasteiger partial charge is 0.381 e. The summed E-state index contributed by atoms with van der Waals surface area (Å²) < 4.78 is 5.34. The molecule has 1 rings (SSSR count). The monoisotopic (exact) mass is 242 g/mol. The molecule has 1 atom stereocenters. The van der Waals surface area contributed by atoms with E-state index in [4.69, 9.17) is 10.5 Å². The number of nitrogens with two attached hydrogens (primary N) is 1. The lowest BCUT2D eigenvalue weighted by Crippen LogP contribution is -2.51. The van der Waals surface area contributed by atoms with Crippen LogP contribution in [-0.4, -0.2) is 31.7 Å². The Hall–Kier alpha value is -0.610. The molecule has 4 heteroatoms. The molecule has 1 heterocycles. The molecular formula is C13H26N2O2. The number of hydrogen-bond acceptors (Lipinski definition) is 3. The number of carbonyl (C=O) groups excluding carboxylic acids is 1. The van der Waals surface area contributed by atoms with Crippen molar-refractivity contribution in [2.45, 2.75) is 46.6 Å². The SMILES string of the molecule is CC1(CNC(=O)C(N)C(C)(C)C)CCOCC1. The van der Waals surface area contributed by atoms with Gasteiger partial charge in [-0.15, -0.1) is 0 Å². The number of amides is 1. The lowest BCUT2D eigenvalue weighted by atomic mass is 9.82. The molecule has 0 aliphatic carbocycles. The summed E-state index contributed by atoms with van der Waals surface area (Å²) in [5, 5.41) is 2.98. The molecule has 0 bridgehead atoms. The van der Waals surface area contributed by atoms with E-state index in [0.717, 1.165) is 26.1 Å². The molecule has 4 nitrogen and oxygen atoms in total. The van der Waals surface area contributed by atoms with Crippen LogP contribution in [0.3, 0.4) is 0 Å². The molecule has 0 saturated carbocycles. The van der Waals surface area contributed by atoms with Crippen molar-refractivity contribution in [3.8, 4) is 0 Å². The Morgan fingerprint density at radius 2 is 1.94 bits per heavy atom. The molecule has 0 spiro atoms. The molecule has 1 aliphatic heterocycles. The van der Waals surface area contributed by atoms with Crippen molar-refractivity contribution in [2.75, 3.05) is 19.8 Å². The Bertz CT molecular complexity index is 265. The van der Waals surface area contributed by atoms with Crippen LogP contribution in [0.2, 0.25) is 0 Å². The van der Waals surface area contributed by atoms with Crippen LogP contribution in [-0.2, 0) is 9.53 Å². The van der Waals surface area contributed by atoms with Crippen molar-refractivity contribution < 1.29 is 9.53 Å². The fraction of sp³-hybridized carbons (Fsp3) is 0.923. The maximum atomic E-state index is 11.9. The topological polar surface area (TPSA) is 64.4 Å². The number of hydrogen-bond donors (Lipinski definition) is 2. The molecule has 1 fully saturated rings. The number of ether oxygens (including phenoxy) is 1. The molecule has 100 valence electrons. The average Bonchev–Trinajstić information content (AvgIpc) is 2.25. The van der Waals surface area contributed by atoms with E-state index in [2.05, 4.69) is 12.2 Å². The van der Waals surface area contributed by atoms with E-state index in [0.29, 0.717) is 6.54 Å². The Labute approximate surface area is 104 Å². The predicted molar refractivity (Wildman–Crippen MR) is 68.6 cm³/mol. The highest BCUT2D eigenvalue weighted by Crippen LogP contribution is 2.28. The molecule has 0 aromatic heterocycles. The summed E-state index contributed by atoms with van der Waals surface area (Å²) in [5.41, 5.74) is 5.88. The standard InChI is InChI=1S/C13H26N2O2/c1-12(2,3)10(14)11(16)15-9-13(4)5-7-17-8-6-13/h10H,5-9,14H2,1-4H3,(H,15,16). The van der Waals surface area contributed by atoms with Crippen molar-refractivity contribution in [1.29, 1.82) is 0 Å². The van der Waals surface area contributed by atoms with E-state index < -0.39 is 6.04 Å². The van der Waals surface area contributed by atoms with Crippen LogP contribution in [0.5, 0.6) is 0 Å². The minimum atomic E-state index is -0.453. The summed E-state index contributed by atoms with van der Waals surface area (Å²) in [7, 11) is 0. The lowest BCUT2D eigenvalue weighted by Gasteiger charge is -2.34. The normalized spacial score (nSPS) is 21.9. The number of carbonyl (C=O) groups is 1. The minimum Gasteiger partial charge on any atom is -0.381 e. The Balaban J connectivity index is 2.42. The van der Waals surface area contributed by atoms with Gasteiger partial charge in [0.25, 0.3) is 0 Å². The van der Waals surface area contributed by atoms with Gasteiger partial charge in [0.15, 0.2) is 0 Å². The highest BCUT2D eigenvalue weighted by atomic mass is 16.5. The first-order valence-corrected chi connectivity index (χ1v) is 6.36. The minimum absolute atomic E-state index is 0.0507. The molecule has 0 aromatic carbocycles. The molecule has 1 saturated heterocycles. The fourth-order valence-corrected chi connectivity index (χ4v) is 1.84. The van der Waals surface area contributed by atoms with Gasteiger partial charge >= 0.3 is 0 Å². The molecule has 0 radical (unpaired) electrons. The fourth-order valence-electron chi connectivity index (χ4n) is 1.84. The van der Waals surface area contributed by atoms with Gasteiger partial charge in [0.1, 0.15) is 0 Å². The first kappa shape index (κ1) is 14.5. The van der Waals surface area contributed by atoms with E-state index in [1.54, 1.807) is 0 Å². The molecule has 1 aliphatic rings. The Morgan fingerprint density at radius 3 is 2.41 bits per heavy atom. The van der Waals surface area contributed by atoms with Crippen LogP contribution in [0, 0.1) is 10.8 Å². The van der Waals surface area contributed by atoms with Crippen LogP contribution in [0.15, 0.2) is 0 Å². The third-order valence-corrected chi connectivity index (χ3v) is 3.60. The smallest absolute Gasteiger partial charge is 0.237 e. The summed E-state index contributed by atoms with van der Waals surface area (Å²) >= 11 is 0. The van der Waals surface area contributed by atoms with Gasteiger partial charge in [0, 0.05) is 19.8 Å². The van der Waals surface area contributed by atoms with Gasteiger partial charge < -0.3 is 15.8 Å². The first-order chi connectivity index (χ1) is 7.75. The third-order valence-electron chi connectivity index (χ3n) is 3.60. The molecule has 1 unspecified atom stereocenters. The summed E-state index contributed by atoms with van der Waals surface area (Å²) in [6.45, 7) is 10.4. The summed E-state index contributed by atoms with van der Waals surface area (Å²) in [6.07, 6.45) is 2.00. The third kappa shape index (κ3) is 4.28. The predicted octanol–water partition coefficient (Wildman–Crippen LogP) is 1.29. The number of rotatable bonds is 3. The lowest BCUT2D eigenvalue weighted by molar-refractivity contribution is -0.125. The molecule has 1 amide bonds. The number of nitrogens with one attached hydrogen (secondary N) is 1. The van der Waals surface area contributed by atoms with E-state index in [9.17, 15) is 4.79 Å². The molecule has 0 aromatic rings. The molecule has 17 heavy (non-hydrogen) atoms. The maximum Gasteiger partial charge on any atom is 0.237 e. The van der Waals surface area contributed by atoms with Crippen LogP contribution in [0.4, 0.5) is 0 Å². The van der Waals surface area contributed by atoms with Crippen molar-refractivity contribution in [1.82, 2.24) is 5.32 Å². The highest BCUT2D eigenvalue weighted by molar-refractivity contribution is 5.82. The zero-order valence-electron chi connectivity index (χ0n) is 11.5. The van der Waals surface area contributed by atoms with Gasteiger partial charge in [-0.3, -0.25) is 4.79 Å². The van der Waals surface area contributed by atoms with Crippen LogP contribution >= 0.6 is 0 Å². The van der Waals surface area contributed by atoms with E-state index in [1.807, 2.05) is 20.8 Å². The van der Waals surface area contributed by atoms with Gasteiger partial charge in [0.05, 0.1) is 6.04 Å². The van der Waals surface area contributed by atoms with E-state index in [1.165, 1.54) is 0 Å². The van der Waals surface area contributed by atoms with Crippen molar-refractivity contribution in [3.63, 3.8) is 0 Å². The Morgan fingerprint density at radius 1 is 1.41 bits per heavy atom. The zero-order valence-corrected chi connectivity index (χ0v) is 11.5. The van der Waals surface area contributed by atoms with E-state index in [-0.39, 0.29) is 16.7 Å². The van der Waals surface area contributed by atoms with Crippen LogP contribution < -0.4 is 11.1 Å². The van der Waals surface area contributed by atoms with Crippen molar-refractivity contribution in [2.24, 2.45) is 16.6 Å². The highest BCUT2D eigenvalue weighted by Gasteiger charge is 2.31. The zero-order chi connectivity index (χ0) is 13.1. The van der Waals surface area contributed by atoms with Gasteiger partial charge in [-0.2, -0.15) is 0 Å². The second-order valence-electron chi connectivity index (χ2n) is 6.48. The second-order valence-corrected chi connectivity index (χ2v) is 6.48. The second kappa shape index (κ2) is 5.36. The molecular weight excluding hydrogens is 216 g/mol. The average molecular weight is 242 g/mol. The van der Waals surface area contributed by atoms with Gasteiger partial charge in [-0.1, -0.05) is 27.7 Å². The first-order valence-electron chi connectivity index (χ1n) is 6.36. The summed E-state index contributed by atoms with van der Waals surface area (Å²) in [6, 6.07) is -0.453. The van der Waals surface area contributed by atoms with Crippen LogP contribution in [0.1, 0.15) is 40.5 Å². The van der Waals surface area contributed by atoms with E-state index >= 15 is 0 Å². The van der Waals surface area contributed by atoms with Crippen LogP contribution in [0.25, 0.3) is 0 Å². The summed E-state index contributed by atoms with van der Waals surface area (Å²) in [5.74, 6) is -0.0507. The van der Waals surface area contributed by atoms with Gasteiger partial charge in [0.2, 0.25) is 5.91 Å². The molecule has 3 N–H and O–H groups in total.